The minimum absolute atomic E-state index is 0.257. The average Bonchev–Trinajstić information content (AvgIpc) is 2.70. The molecule has 0 saturated carbocycles. The summed E-state index contributed by atoms with van der Waals surface area (Å²) in [6.45, 7) is 1.42. The van der Waals surface area contributed by atoms with E-state index < -0.39 is 11.8 Å². The first-order valence-corrected chi connectivity index (χ1v) is 8.04. The Morgan fingerprint density at radius 3 is 2.26 bits per heavy atom. The summed E-state index contributed by atoms with van der Waals surface area (Å²) < 4.78 is 23.2. The van der Waals surface area contributed by atoms with Gasteiger partial charge in [0.15, 0.2) is 11.5 Å². The van der Waals surface area contributed by atoms with Gasteiger partial charge in [-0.3, -0.25) is 9.59 Å². The fourth-order valence-corrected chi connectivity index (χ4v) is 2.18. The highest BCUT2D eigenvalue weighted by Crippen LogP contribution is 2.27. The van der Waals surface area contributed by atoms with Crippen molar-refractivity contribution in [2.24, 2.45) is 5.10 Å². The molecule has 0 aliphatic rings. The van der Waals surface area contributed by atoms with Gasteiger partial charge in [0, 0.05) is 5.56 Å². The predicted molar refractivity (Wildman–Crippen MR) is 98.6 cm³/mol. The van der Waals surface area contributed by atoms with Gasteiger partial charge in [-0.05, 0) is 42.8 Å². The van der Waals surface area contributed by atoms with Gasteiger partial charge in [0.2, 0.25) is 0 Å². The molecule has 2 amide bonds. The maximum Gasteiger partial charge on any atom is 0.259 e. The van der Waals surface area contributed by atoms with Gasteiger partial charge in [0.25, 0.3) is 11.8 Å². The molecule has 2 N–H and O–H groups in total. The molecule has 0 aromatic heterocycles. The van der Waals surface area contributed by atoms with E-state index in [1.54, 1.807) is 31.2 Å². The van der Waals surface area contributed by atoms with E-state index in [0.717, 1.165) is 0 Å². The minimum atomic E-state index is -0.495. The zero-order chi connectivity index (χ0) is 19.8. The van der Waals surface area contributed by atoms with E-state index in [1.165, 1.54) is 32.4 Å². The van der Waals surface area contributed by atoms with Crippen molar-refractivity contribution in [2.75, 3.05) is 20.8 Å². The lowest BCUT2D eigenvalue weighted by molar-refractivity contribution is -0.120. The highest BCUT2D eigenvalue weighted by Gasteiger charge is 2.12. The zero-order valence-electron chi connectivity index (χ0n) is 15.2. The smallest absolute Gasteiger partial charge is 0.259 e. The summed E-state index contributed by atoms with van der Waals surface area (Å²) in [6.07, 6.45) is 0. The molecule has 2 aromatic rings. The Bertz CT molecular complexity index is 851. The Labute approximate surface area is 156 Å². The first-order chi connectivity index (χ1) is 12.9. The van der Waals surface area contributed by atoms with Crippen LogP contribution in [0.1, 0.15) is 22.8 Å². The van der Waals surface area contributed by atoms with Gasteiger partial charge in [0.05, 0.1) is 26.5 Å². The van der Waals surface area contributed by atoms with E-state index in [-0.39, 0.29) is 12.4 Å². The van der Waals surface area contributed by atoms with E-state index >= 15 is 0 Å². The molecule has 0 fully saturated rings. The number of methoxy groups -OCH3 is 2. The van der Waals surface area contributed by atoms with Crippen LogP contribution in [0.4, 0.5) is 4.39 Å². The molecule has 0 bridgehead atoms. The zero-order valence-corrected chi connectivity index (χ0v) is 15.2. The van der Waals surface area contributed by atoms with Gasteiger partial charge in [0.1, 0.15) is 5.82 Å². The fraction of sp³-hybridized carbons (Fsp3) is 0.211. The lowest BCUT2D eigenvalue weighted by Gasteiger charge is -2.09. The first kappa shape index (κ1) is 19.9. The largest absolute Gasteiger partial charge is 0.493 e. The number of halogens is 1. The number of rotatable bonds is 7. The Hall–Kier alpha value is -3.42. The molecule has 0 spiro atoms. The van der Waals surface area contributed by atoms with E-state index in [9.17, 15) is 14.0 Å². The van der Waals surface area contributed by atoms with Crippen LogP contribution in [-0.4, -0.2) is 38.3 Å². The number of hydrogen-bond acceptors (Lipinski definition) is 5. The molecule has 8 heteroatoms. The van der Waals surface area contributed by atoms with Crippen molar-refractivity contribution in [1.29, 1.82) is 0 Å². The van der Waals surface area contributed by atoms with Crippen molar-refractivity contribution < 1.29 is 23.5 Å². The second kappa shape index (κ2) is 9.33. The van der Waals surface area contributed by atoms with Crippen molar-refractivity contribution in [2.45, 2.75) is 6.92 Å². The van der Waals surface area contributed by atoms with Crippen LogP contribution < -0.4 is 20.2 Å². The lowest BCUT2D eigenvalue weighted by Crippen LogP contribution is -2.35. The number of nitrogens with one attached hydrogen (secondary N) is 2. The third kappa shape index (κ3) is 5.53. The number of amides is 2. The second-order valence-corrected chi connectivity index (χ2v) is 5.49. The molecule has 0 atom stereocenters. The molecule has 0 saturated heterocycles. The summed E-state index contributed by atoms with van der Waals surface area (Å²) in [6, 6.07) is 10.4. The number of hydrogen-bond donors (Lipinski definition) is 2. The quantitative estimate of drug-likeness (QED) is 0.575. The predicted octanol–water partition coefficient (Wildman–Crippen LogP) is 2.11. The number of carbonyl (C=O) groups is 2. The number of nitrogens with zero attached hydrogens (tertiary/aromatic N) is 1. The van der Waals surface area contributed by atoms with Gasteiger partial charge >= 0.3 is 0 Å². The molecule has 27 heavy (non-hydrogen) atoms. The van der Waals surface area contributed by atoms with Crippen LogP contribution in [0, 0.1) is 5.82 Å². The SMILES string of the molecule is COc1ccc(C(=O)NCC(=O)N/N=C(/C)c2ccc(F)cc2)cc1OC. The van der Waals surface area contributed by atoms with Crippen molar-refractivity contribution in [3.05, 3.63) is 59.4 Å². The number of ether oxygens (including phenoxy) is 2. The molecular weight excluding hydrogens is 353 g/mol. The van der Waals surface area contributed by atoms with Crippen molar-refractivity contribution >= 4 is 17.5 Å². The summed E-state index contributed by atoms with van der Waals surface area (Å²) in [4.78, 5) is 24.0. The van der Waals surface area contributed by atoms with E-state index in [4.69, 9.17) is 9.47 Å². The topological polar surface area (TPSA) is 89.0 Å². The van der Waals surface area contributed by atoms with Gasteiger partial charge in [-0.25, -0.2) is 9.82 Å². The van der Waals surface area contributed by atoms with Gasteiger partial charge < -0.3 is 14.8 Å². The highest BCUT2D eigenvalue weighted by atomic mass is 19.1. The fourth-order valence-electron chi connectivity index (χ4n) is 2.18. The maximum absolute atomic E-state index is 12.9. The van der Waals surface area contributed by atoms with Gasteiger partial charge in [-0.2, -0.15) is 5.10 Å². The first-order valence-electron chi connectivity index (χ1n) is 8.04. The summed E-state index contributed by atoms with van der Waals surface area (Å²) in [5.74, 6) is -0.379. The Kier molecular flexibility index (Phi) is 6.87. The van der Waals surface area contributed by atoms with Crippen LogP contribution in [0.5, 0.6) is 11.5 Å². The number of hydrazone groups is 1. The Morgan fingerprint density at radius 1 is 1.00 bits per heavy atom. The van der Waals surface area contributed by atoms with Crippen LogP contribution in [0.3, 0.4) is 0 Å². The summed E-state index contributed by atoms with van der Waals surface area (Å²) in [7, 11) is 2.96. The van der Waals surface area contributed by atoms with E-state index in [2.05, 4.69) is 15.8 Å². The molecule has 7 nitrogen and oxygen atoms in total. The molecule has 0 radical (unpaired) electrons. The normalized spacial score (nSPS) is 10.9. The van der Waals surface area contributed by atoms with Crippen LogP contribution >= 0.6 is 0 Å². The molecule has 0 aliphatic heterocycles. The van der Waals surface area contributed by atoms with Crippen molar-refractivity contribution in [3.63, 3.8) is 0 Å². The van der Waals surface area contributed by atoms with E-state index in [0.29, 0.717) is 28.3 Å². The van der Waals surface area contributed by atoms with Crippen LogP contribution in [0.15, 0.2) is 47.6 Å². The van der Waals surface area contributed by atoms with Gasteiger partial charge in [-0.1, -0.05) is 12.1 Å². The summed E-state index contributed by atoms with van der Waals surface area (Å²) >= 11 is 0. The van der Waals surface area contributed by atoms with Crippen LogP contribution in [0.25, 0.3) is 0 Å². The Morgan fingerprint density at radius 2 is 1.63 bits per heavy atom. The minimum Gasteiger partial charge on any atom is -0.493 e. The molecule has 0 unspecified atom stereocenters. The third-order valence-corrected chi connectivity index (χ3v) is 3.67. The van der Waals surface area contributed by atoms with Crippen LogP contribution in [-0.2, 0) is 4.79 Å². The summed E-state index contributed by atoms with van der Waals surface area (Å²) in [5.41, 5.74) is 3.85. The highest BCUT2D eigenvalue weighted by molar-refractivity contribution is 6.00. The molecule has 0 aliphatic carbocycles. The monoisotopic (exact) mass is 373 g/mol. The standard InChI is InChI=1S/C19H20FN3O4/c1-12(13-4-7-15(20)8-5-13)22-23-18(24)11-21-19(25)14-6-9-16(26-2)17(10-14)27-3/h4-10H,11H2,1-3H3,(H,21,25)(H,23,24)/b22-12-. The van der Waals surface area contributed by atoms with Gasteiger partial charge in [-0.15, -0.1) is 0 Å². The molecular formula is C19H20FN3O4. The molecule has 2 rings (SSSR count). The number of benzene rings is 2. The molecule has 2 aromatic carbocycles. The second-order valence-electron chi connectivity index (χ2n) is 5.49. The van der Waals surface area contributed by atoms with E-state index in [1.807, 2.05) is 0 Å². The maximum atomic E-state index is 12.9. The third-order valence-electron chi connectivity index (χ3n) is 3.67. The molecule has 0 heterocycles. The van der Waals surface area contributed by atoms with Crippen molar-refractivity contribution in [3.8, 4) is 11.5 Å². The van der Waals surface area contributed by atoms with Crippen molar-refractivity contribution in [1.82, 2.24) is 10.7 Å². The summed E-state index contributed by atoms with van der Waals surface area (Å²) in [5, 5.41) is 6.42. The lowest BCUT2D eigenvalue weighted by atomic mass is 10.1. The average molecular weight is 373 g/mol. The molecule has 142 valence electrons. The number of carbonyl (C=O) groups excluding carboxylic acids is 2. The van der Waals surface area contributed by atoms with Crippen LogP contribution in [0.2, 0.25) is 0 Å². The Balaban J connectivity index is 1.90.